The first kappa shape index (κ1) is 14.7. The molecule has 108 valence electrons. The fraction of sp³-hybridized carbons (Fsp3) is 0.125. The van der Waals surface area contributed by atoms with E-state index < -0.39 is 24.3 Å². The smallest absolute Gasteiger partial charge is 0.341 e. The van der Waals surface area contributed by atoms with Crippen molar-refractivity contribution in [1.29, 1.82) is 0 Å². The monoisotopic (exact) mass is 287 g/mol. The van der Waals surface area contributed by atoms with E-state index in [9.17, 15) is 14.0 Å². The van der Waals surface area contributed by atoms with Gasteiger partial charge in [-0.05, 0) is 24.3 Å². The maximum atomic E-state index is 13.4. The molecule has 0 fully saturated rings. The van der Waals surface area contributed by atoms with Crippen LogP contribution in [0.25, 0.3) is 0 Å². The molecule has 0 radical (unpaired) electrons. The van der Waals surface area contributed by atoms with Gasteiger partial charge in [0, 0.05) is 12.7 Å². The molecule has 0 saturated heterocycles. The number of ether oxygens (including phenoxy) is 1. The van der Waals surface area contributed by atoms with Crippen LogP contribution in [0.4, 0.5) is 10.1 Å². The SMILES string of the molecule is CN(C(=O)COC(=O)c1ccccc1F)c1ccccc1. The number of carbonyl (C=O) groups excluding carboxylic acids is 2. The predicted octanol–water partition coefficient (Wildman–Crippen LogP) is 2.65. The van der Waals surface area contributed by atoms with E-state index in [4.69, 9.17) is 4.74 Å². The Labute approximate surface area is 121 Å². The number of nitrogens with zero attached hydrogens (tertiary/aromatic N) is 1. The van der Waals surface area contributed by atoms with E-state index in [1.807, 2.05) is 6.07 Å². The molecule has 2 aromatic rings. The highest BCUT2D eigenvalue weighted by Crippen LogP contribution is 2.12. The van der Waals surface area contributed by atoms with Crippen LogP contribution in [0, 0.1) is 5.82 Å². The van der Waals surface area contributed by atoms with Gasteiger partial charge in [-0.15, -0.1) is 0 Å². The molecule has 1 amide bonds. The lowest BCUT2D eigenvalue weighted by atomic mass is 10.2. The van der Waals surface area contributed by atoms with E-state index in [1.54, 1.807) is 31.3 Å². The lowest BCUT2D eigenvalue weighted by molar-refractivity contribution is -0.121. The molecular formula is C16H14FNO3. The summed E-state index contributed by atoms with van der Waals surface area (Å²) < 4.78 is 18.2. The van der Waals surface area contributed by atoms with Crippen LogP contribution >= 0.6 is 0 Å². The summed E-state index contributed by atoms with van der Waals surface area (Å²) in [6, 6.07) is 14.4. The molecule has 0 saturated carbocycles. The third-order valence-corrected chi connectivity index (χ3v) is 2.94. The first-order chi connectivity index (χ1) is 10.1. The number of carbonyl (C=O) groups is 2. The Morgan fingerprint density at radius 3 is 2.33 bits per heavy atom. The van der Waals surface area contributed by atoms with Crippen molar-refractivity contribution in [3.63, 3.8) is 0 Å². The van der Waals surface area contributed by atoms with E-state index in [-0.39, 0.29) is 5.56 Å². The minimum Gasteiger partial charge on any atom is -0.452 e. The van der Waals surface area contributed by atoms with Crippen molar-refractivity contribution in [1.82, 2.24) is 0 Å². The fourth-order valence-corrected chi connectivity index (χ4v) is 1.72. The molecule has 5 heteroatoms. The first-order valence-corrected chi connectivity index (χ1v) is 6.33. The molecule has 0 aliphatic carbocycles. The summed E-state index contributed by atoms with van der Waals surface area (Å²) in [5.41, 5.74) is 0.497. The van der Waals surface area contributed by atoms with Crippen molar-refractivity contribution in [3.8, 4) is 0 Å². The molecule has 0 aromatic heterocycles. The Hall–Kier alpha value is -2.69. The van der Waals surface area contributed by atoms with Gasteiger partial charge in [-0.2, -0.15) is 0 Å². The number of anilines is 1. The van der Waals surface area contributed by atoms with Gasteiger partial charge in [-0.3, -0.25) is 4.79 Å². The number of hydrogen-bond donors (Lipinski definition) is 0. The molecule has 0 bridgehead atoms. The normalized spacial score (nSPS) is 10.0. The second kappa shape index (κ2) is 6.65. The number of amides is 1. The zero-order chi connectivity index (χ0) is 15.2. The highest BCUT2D eigenvalue weighted by atomic mass is 19.1. The van der Waals surface area contributed by atoms with E-state index in [0.29, 0.717) is 5.69 Å². The fourth-order valence-electron chi connectivity index (χ4n) is 1.72. The van der Waals surface area contributed by atoms with Crippen LogP contribution in [0.15, 0.2) is 54.6 Å². The summed E-state index contributed by atoms with van der Waals surface area (Å²) in [6.45, 7) is -0.446. The van der Waals surface area contributed by atoms with Crippen LogP contribution in [0.2, 0.25) is 0 Å². The van der Waals surface area contributed by atoms with Crippen molar-refractivity contribution in [2.45, 2.75) is 0 Å². The molecule has 0 aliphatic heterocycles. The first-order valence-electron chi connectivity index (χ1n) is 6.33. The van der Waals surface area contributed by atoms with Gasteiger partial charge in [0.05, 0.1) is 5.56 Å². The van der Waals surface area contributed by atoms with E-state index in [0.717, 1.165) is 6.07 Å². The lowest BCUT2D eigenvalue weighted by Gasteiger charge is -2.17. The number of hydrogen-bond acceptors (Lipinski definition) is 3. The van der Waals surface area contributed by atoms with Crippen LogP contribution < -0.4 is 4.90 Å². The van der Waals surface area contributed by atoms with Gasteiger partial charge < -0.3 is 9.64 Å². The molecule has 0 heterocycles. The molecule has 0 aliphatic rings. The Bertz CT molecular complexity index is 643. The minimum atomic E-state index is -0.858. The average molecular weight is 287 g/mol. The van der Waals surface area contributed by atoms with Gasteiger partial charge in [-0.1, -0.05) is 30.3 Å². The molecule has 2 aromatic carbocycles. The quantitative estimate of drug-likeness (QED) is 0.812. The molecule has 0 unspecified atom stereocenters. The Morgan fingerprint density at radius 1 is 1.05 bits per heavy atom. The van der Waals surface area contributed by atoms with Crippen LogP contribution in [-0.2, 0) is 9.53 Å². The van der Waals surface area contributed by atoms with Crippen LogP contribution in [-0.4, -0.2) is 25.5 Å². The molecule has 0 atom stereocenters. The van der Waals surface area contributed by atoms with Gasteiger partial charge in [0.2, 0.25) is 0 Å². The summed E-state index contributed by atoms with van der Waals surface area (Å²) in [6.07, 6.45) is 0. The number of likely N-dealkylation sites (N-methyl/N-ethyl adjacent to an activating group) is 1. The Balaban J connectivity index is 1.95. The van der Waals surface area contributed by atoms with Crippen molar-refractivity contribution >= 4 is 17.6 Å². The predicted molar refractivity (Wildman–Crippen MR) is 76.5 cm³/mol. The summed E-state index contributed by atoms with van der Waals surface area (Å²) in [5, 5.41) is 0. The number of halogens is 1. The standard InChI is InChI=1S/C16H14FNO3/c1-18(12-7-3-2-4-8-12)15(19)11-21-16(20)13-9-5-6-10-14(13)17/h2-10H,11H2,1H3. The maximum absolute atomic E-state index is 13.4. The van der Waals surface area contributed by atoms with Gasteiger partial charge >= 0.3 is 5.97 Å². The highest BCUT2D eigenvalue weighted by molar-refractivity contribution is 5.96. The van der Waals surface area contributed by atoms with Gasteiger partial charge in [0.25, 0.3) is 5.91 Å². The summed E-state index contributed by atoms with van der Waals surface area (Å²) in [5.74, 6) is -1.93. The Morgan fingerprint density at radius 2 is 1.67 bits per heavy atom. The molecule has 0 N–H and O–H groups in total. The van der Waals surface area contributed by atoms with Gasteiger partial charge in [0.1, 0.15) is 5.82 Å². The second-order valence-electron chi connectivity index (χ2n) is 4.34. The molecule has 21 heavy (non-hydrogen) atoms. The Kier molecular flexibility index (Phi) is 4.66. The van der Waals surface area contributed by atoms with Crippen LogP contribution in [0.5, 0.6) is 0 Å². The highest BCUT2D eigenvalue weighted by Gasteiger charge is 2.16. The van der Waals surface area contributed by atoms with Gasteiger partial charge in [0.15, 0.2) is 6.61 Å². The number of para-hydroxylation sites is 1. The van der Waals surface area contributed by atoms with Crippen LogP contribution in [0.1, 0.15) is 10.4 Å². The number of rotatable bonds is 4. The van der Waals surface area contributed by atoms with Crippen molar-refractivity contribution in [2.75, 3.05) is 18.6 Å². The largest absolute Gasteiger partial charge is 0.452 e. The van der Waals surface area contributed by atoms with Crippen molar-refractivity contribution < 1.29 is 18.7 Å². The molecule has 0 spiro atoms. The van der Waals surface area contributed by atoms with Crippen molar-refractivity contribution in [3.05, 3.63) is 66.0 Å². The van der Waals surface area contributed by atoms with E-state index in [2.05, 4.69) is 0 Å². The zero-order valence-corrected chi connectivity index (χ0v) is 11.5. The molecule has 2 rings (SSSR count). The third kappa shape index (κ3) is 3.66. The second-order valence-corrected chi connectivity index (χ2v) is 4.34. The third-order valence-electron chi connectivity index (χ3n) is 2.94. The number of esters is 1. The summed E-state index contributed by atoms with van der Waals surface area (Å²) >= 11 is 0. The van der Waals surface area contributed by atoms with E-state index >= 15 is 0 Å². The zero-order valence-electron chi connectivity index (χ0n) is 11.5. The minimum absolute atomic E-state index is 0.187. The molecular weight excluding hydrogens is 273 g/mol. The summed E-state index contributed by atoms with van der Waals surface area (Å²) in [7, 11) is 1.58. The maximum Gasteiger partial charge on any atom is 0.341 e. The van der Waals surface area contributed by atoms with E-state index in [1.165, 1.54) is 23.1 Å². The van der Waals surface area contributed by atoms with Crippen LogP contribution in [0.3, 0.4) is 0 Å². The van der Waals surface area contributed by atoms with Crippen molar-refractivity contribution in [2.24, 2.45) is 0 Å². The summed E-state index contributed by atoms with van der Waals surface area (Å²) in [4.78, 5) is 25.0. The topological polar surface area (TPSA) is 46.6 Å². The van der Waals surface area contributed by atoms with Gasteiger partial charge in [-0.25, -0.2) is 9.18 Å². The number of benzene rings is 2. The lowest BCUT2D eigenvalue weighted by Crippen LogP contribution is -2.31. The average Bonchev–Trinajstić information content (AvgIpc) is 2.52. The molecule has 4 nitrogen and oxygen atoms in total.